The molecule has 10 heteroatoms. The number of hydrogen-bond donors (Lipinski definition) is 3. The Morgan fingerprint density at radius 2 is 1.85 bits per heavy atom. The highest BCUT2D eigenvalue weighted by Crippen LogP contribution is 2.25. The van der Waals surface area contributed by atoms with Crippen molar-refractivity contribution in [3.05, 3.63) is 35.4 Å². The van der Waals surface area contributed by atoms with Crippen LogP contribution in [0, 0.1) is 12.3 Å². The molecule has 0 aliphatic carbocycles. The third-order valence-corrected chi connectivity index (χ3v) is 4.33. The van der Waals surface area contributed by atoms with Crippen molar-refractivity contribution in [2.75, 3.05) is 26.8 Å². The van der Waals surface area contributed by atoms with Crippen molar-refractivity contribution in [3.8, 4) is 12.3 Å². The number of nitrogens with one attached hydrogen (secondary N) is 2. The van der Waals surface area contributed by atoms with Gasteiger partial charge in [0, 0.05) is 12.1 Å². The Morgan fingerprint density at radius 3 is 2.39 bits per heavy atom. The summed E-state index contributed by atoms with van der Waals surface area (Å²) in [5, 5.41) is 14.5. The number of benzene rings is 1. The summed E-state index contributed by atoms with van der Waals surface area (Å²) in [6.45, 7) is 5.31. The van der Waals surface area contributed by atoms with E-state index in [-0.39, 0.29) is 6.54 Å². The molecule has 0 fully saturated rings. The van der Waals surface area contributed by atoms with Gasteiger partial charge in [-0.2, -0.15) is 0 Å². The molecule has 33 heavy (non-hydrogen) atoms. The minimum atomic E-state index is -1.29. The van der Waals surface area contributed by atoms with Crippen LogP contribution in [0.4, 0.5) is 4.79 Å². The number of methoxy groups -OCH3 is 1. The summed E-state index contributed by atoms with van der Waals surface area (Å²) in [5.41, 5.74) is -0.118. The van der Waals surface area contributed by atoms with Gasteiger partial charge in [-0.3, -0.25) is 14.4 Å². The minimum absolute atomic E-state index is 0.242. The minimum Gasteiger partial charge on any atom is -0.468 e. The Bertz CT molecular complexity index is 902. The maximum atomic E-state index is 13.3. The second kappa shape index (κ2) is 12.5. The first-order valence-corrected chi connectivity index (χ1v) is 10.3. The van der Waals surface area contributed by atoms with E-state index in [0.717, 1.165) is 4.90 Å². The standard InChI is InChI=1S/C23H31N3O7/c1-7-16-10-8-9-11-17(16)19(20(29)24-14-18(28)32-6)26(12-13-27)21(30)15(2)25-22(31)33-23(3,4)5/h1,8-11,15,19,27H,12-14H2,2-6H3,(H,24,29)(H,25,31). The van der Waals surface area contributed by atoms with Crippen molar-refractivity contribution in [3.63, 3.8) is 0 Å². The quantitative estimate of drug-likeness (QED) is 0.365. The monoisotopic (exact) mass is 461 g/mol. The molecule has 180 valence electrons. The van der Waals surface area contributed by atoms with Crippen LogP contribution in [0.25, 0.3) is 0 Å². The molecule has 3 amide bonds. The van der Waals surface area contributed by atoms with Crippen LogP contribution in [-0.4, -0.2) is 72.3 Å². The molecule has 0 radical (unpaired) electrons. The molecule has 0 aromatic heterocycles. The van der Waals surface area contributed by atoms with E-state index in [4.69, 9.17) is 11.2 Å². The molecule has 0 saturated carbocycles. The zero-order valence-corrected chi connectivity index (χ0v) is 19.5. The van der Waals surface area contributed by atoms with Crippen molar-refractivity contribution in [1.82, 2.24) is 15.5 Å². The van der Waals surface area contributed by atoms with Crippen molar-refractivity contribution in [2.24, 2.45) is 0 Å². The molecule has 0 saturated heterocycles. The third kappa shape index (κ3) is 8.46. The number of rotatable bonds is 9. The lowest BCUT2D eigenvalue weighted by molar-refractivity contribution is -0.145. The number of alkyl carbamates (subject to hydrolysis) is 1. The van der Waals surface area contributed by atoms with Crippen LogP contribution in [0.2, 0.25) is 0 Å². The van der Waals surface area contributed by atoms with Gasteiger partial charge in [0.15, 0.2) is 0 Å². The fourth-order valence-corrected chi connectivity index (χ4v) is 2.91. The number of terminal acetylenes is 1. The highest BCUT2D eigenvalue weighted by Gasteiger charge is 2.35. The van der Waals surface area contributed by atoms with Crippen molar-refractivity contribution in [2.45, 2.75) is 45.4 Å². The molecule has 1 rings (SSSR count). The molecule has 1 aromatic rings. The van der Waals surface area contributed by atoms with E-state index < -0.39 is 54.7 Å². The predicted molar refractivity (Wildman–Crippen MR) is 120 cm³/mol. The Labute approximate surface area is 193 Å². The number of carbonyl (C=O) groups excluding carboxylic acids is 4. The highest BCUT2D eigenvalue weighted by molar-refractivity contribution is 5.93. The SMILES string of the molecule is C#Cc1ccccc1C(C(=O)NCC(=O)OC)N(CCO)C(=O)C(C)NC(=O)OC(C)(C)C. The summed E-state index contributed by atoms with van der Waals surface area (Å²) in [4.78, 5) is 51.1. The Morgan fingerprint density at radius 1 is 1.21 bits per heavy atom. The number of esters is 1. The van der Waals surface area contributed by atoms with Crippen LogP contribution < -0.4 is 10.6 Å². The fourth-order valence-electron chi connectivity index (χ4n) is 2.91. The average Bonchev–Trinajstić information content (AvgIpc) is 2.75. The molecule has 0 aliphatic heterocycles. The Kier molecular flexibility index (Phi) is 10.4. The molecular weight excluding hydrogens is 430 g/mol. The van der Waals surface area contributed by atoms with E-state index in [2.05, 4.69) is 21.3 Å². The molecule has 1 aromatic carbocycles. The van der Waals surface area contributed by atoms with Gasteiger partial charge in [-0.25, -0.2) is 4.79 Å². The lowest BCUT2D eigenvalue weighted by atomic mass is 9.97. The summed E-state index contributed by atoms with van der Waals surface area (Å²) in [6.07, 6.45) is 4.77. The van der Waals surface area contributed by atoms with Gasteiger partial charge in [0.2, 0.25) is 11.8 Å². The molecule has 3 N–H and O–H groups in total. The second-order valence-corrected chi connectivity index (χ2v) is 8.05. The van der Waals surface area contributed by atoms with Gasteiger partial charge in [0.25, 0.3) is 0 Å². The van der Waals surface area contributed by atoms with Crippen molar-refractivity contribution >= 4 is 23.9 Å². The number of aliphatic hydroxyl groups excluding tert-OH is 1. The largest absolute Gasteiger partial charge is 0.468 e. The number of nitrogens with zero attached hydrogens (tertiary/aromatic N) is 1. The molecule has 0 heterocycles. The van der Waals surface area contributed by atoms with Crippen LogP contribution in [0.3, 0.4) is 0 Å². The maximum Gasteiger partial charge on any atom is 0.408 e. The molecule has 0 spiro atoms. The second-order valence-electron chi connectivity index (χ2n) is 8.05. The van der Waals surface area contributed by atoms with Crippen LogP contribution in [0.15, 0.2) is 24.3 Å². The fraction of sp³-hybridized carbons (Fsp3) is 0.478. The summed E-state index contributed by atoms with van der Waals surface area (Å²) >= 11 is 0. The number of hydrogen-bond acceptors (Lipinski definition) is 7. The zero-order chi connectivity index (χ0) is 25.2. The van der Waals surface area contributed by atoms with Gasteiger partial charge >= 0.3 is 12.1 Å². The predicted octanol–water partition coefficient (Wildman–Crippen LogP) is 0.732. The first-order valence-electron chi connectivity index (χ1n) is 10.3. The van der Waals surface area contributed by atoms with Crippen LogP contribution >= 0.6 is 0 Å². The van der Waals surface area contributed by atoms with Gasteiger partial charge in [-0.1, -0.05) is 24.1 Å². The first-order chi connectivity index (χ1) is 15.4. The van der Waals surface area contributed by atoms with Gasteiger partial charge in [0.05, 0.1) is 13.7 Å². The lowest BCUT2D eigenvalue weighted by Crippen LogP contribution is -2.53. The van der Waals surface area contributed by atoms with Crippen molar-refractivity contribution < 1.29 is 33.8 Å². The Balaban J connectivity index is 3.32. The number of ether oxygens (including phenoxy) is 2. The average molecular weight is 462 g/mol. The van der Waals surface area contributed by atoms with E-state index in [1.165, 1.54) is 14.0 Å². The Hall–Kier alpha value is -3.58. The van der Waals surface area contributed by atoms with E-state index >= 15 is 0 Å². The first kappa shape index (κ1) is 27.5. The van der Waals surface area contributed by atoms with E-state index in [9.17, 15) is 24.3 Å². The molecular formula is C23H31N3O7. The topological polar surface area (TPSA) is 134 Å². The molecule has 0 aliphatic rings. The molecule has 2 atom stereocenters. The van der Waals surface area contributed by atoms with Crippen LogP contribution in [0.1, 0.15) is 44.9 Å². The van der Waals surface area contributed by atoms with Gasteiger partial charge in [0.1, 0.15) is 24.2 Å². The van der Waals surface area contributed by atoms with Gasteiger partial charge in [-0.15, -0.1) is 6.42 Å². The summed E-state index contributed by atoms with van der Waals surface area (Å²) in [6, 6.07) is 4.10. The number of carbonyl (C=O) groups is 4. The van der Waals surface area contributed by atoms with E-state index in [1.54, 1.807) is 45.0 Å². The maximum absolute atomic E-state index is 13.3. The molecule has 10 nitrogen and oxygen atoms in total. The van der Waals surface area contributed by atoms with Gasteiger partial charge in [-0.05, 0) is 39.3 Å². The smallest absolute Gasteiger partial charge is 0.408 e. The zero-order valence-electron chi connectivity index (χ0n) is 19.5. The normalized spacial score (nSPS) is 12.5. The van der Waals surface area contributed by atoms with Crippen LogP contribution in [0.5, 0.6) is 0 Å². The number of aliphatic hydroxyl groups is 1. The van der Waals surface area contributed by atoms with Crippen LogP contribution in [-0.2, 0) is 23.9 Å². The summed E-state index contributed by atoms with van der Waals surface area (Å²) in [7, 11) is 1.17. The van der Waals surface area contributed by atoms with E-state index in [1.807, 2.05) is 0 Å². The van der Waals surface area contributed by atoms with Gasteiger partial charge < -0.3 is 30.1 Å². The molecule has 2 unspecified atom stereocenters. The summed E-state index contributed by atoms with van der Waals surface area (Å²) in [5.74, 6) is 0.400. The van der Waals surface area contributed by atoms with E-state index in [0.29, 0.717) is 11.1 Å². The summed E-state index contributed by atoms with van der Waals surface area (Å²) < 4.78 is 9.72. The number of amides is 3. The third-order valence-electron chi connectivity index (χ3n) is 4.33. The lowest BCUT2D eigenvalue weighted by Gasteiger charge is -2.33. The van der Waals surface area contributed by atoms with Crippen molar-refractivity contribution in [1.29, 1.82) is 0 Å². The molecule has 0 bridgehead atoms. The highest BCUT2D eigenvalue weighted by atomic mass is 16.6.